The number of nitrogens with one attached hydrogen (secondary N) is 1. The SMILES string of the molecule is Cc1ccc(C(N)C(=O)Nc2ccc(C#N)cc2)cc1. The lowest BCUT2D eigenvalue weighted by atomic mass is 10.1. The molecule has 0 saturated heterocycles. The van der Waals surface area contributed by atoms with Crippen LogP contribution in [0, 0.1) is 18.3 Å². The van der Waals surface area contributed by atoms with Gasteiger partial charge in [0.1, 0.15) is 6.04 Å². The first-order valence-corrected chi connectivity index (χ1v) is 6.23. The van der Waals surface area contributed by atoms with Crippen molar-refractivity contribution >= 4 is 11.6 Å². The van der Waals surface area contributed by atoms with Crippen LogP contribution in [-0.4, -0.2) is 5.91 Å². The van der Waals surface area contributed by atoms with Crippen LogP contribution in [0.4, 0.5) is 5.69 Å². The molecule has 1 amide bonds. The molecule has 20 heavy (non-hydrogen) atoms. The van der Waals surface area contributed by atoms with Crippen LogP contribution in [-0.2, 0) is 4.79 Å². The molecular weight excluding hydrogens is 250 g/mol. The van der Waals surface area contributed by atoms with Crippen molar-refractivity contribution in [3.63, 3.8) is 0 Å². The fraction of sp³-hybridized carbons (Fsp3) is 0.125. The lowest BCUT2D eigenvalue weighted by Crippen LogP contribution is -2.27. The number of amides is 1. The summed E-state index contributed by atoms with van der Waals surface area (Å²) < 4.78 is 0. The summed E-state index contributed by atoms with van der Waals surface area (Å²) in [5.74, 6) is -0.279. The van der Waals surface area contributed by atoms with Crippen LogP contribution in [0.15, 0.2) is 48.5 Å². The van der Waals surface area contributed by atoms with Gasteiger partial charge in [-0.1, -0.05) is 29.8 Å². The Morgan fingerprint density at radius 2 is 1.75 bits per heavy atom. The molecule has 0 fully saturated rings. The summed E-state index contributed by atoms with van der Waals surface area (Å²) in [6.45, 7) is 1.98. The van der Waals surface area contributed by atoms with Crippen LogP contribution in [0.25, 0.3) is 0 Å². The summed E-state index contributed by atoms with van der Waals surface area (Å²) in [6, 6.07) is 15.5. The van der Waals surface area contributed by atoms with Gasteiger partial charge in [0.05, 0.1) is 11.6 Å². The van der Waals surface area contributed by atoms with Crippen LogP contribution in [0.2, 0.25) is 0 Å². The summed E-state index contributed by atoms with van der Waals surface area (Å²) in [4.78, 5) is 12.1. The summed E-state index contributed by atoms with van der Waals surface area (Å²) in [5, 5.41) is 11.4. The molecule has 0 aliphatic carbocycles. The van der Waals surface area contributed by atoms with Gasteiger partial charge in [-0.15, -0.1) is 0 Å². The normalized spacial score (nSPS) is 11.4. The second-order valence-electron chi connectivity index (χ2n) is 4.57. The Bertz CT molecular complexity index is 639. The Balaban J connectivity index is 2.07. The quantitative estimate of drug-likeness (QED) is 0.894. The number of nitrogens with two attached hydrogens (primary N) is 1. The molecule has 1 unspecified atom stereocenters. The van der Waals surface area contributed by atoms with E-state index in [4.69, 9.17) is 11.0 Å². The number of anilines is 1. The molecule has 4 heteroatoms. The zero-order valence-corrected chi connectivity index (χ0v) is 11.1. The van der Waals surface area contributed by atoms with Gasteiger partial charge in [0.15, 0.2) is 0 Å². The van der Waals surface area contributed by atoms with E-state index in [-0.39, 0.29) is 5.91 Å². The third kappa shape index (κ3) is 3.22. The molecule has 0 aromatic heterocycles. The molecule has 2 aromatic carbocycles. The Hall–Kier alpha value is -2.64. The monoisotopic (exact) mass is 265 g/mol. The second kappa shape index (κ2) is 6.00. The molecule has 2 aromatic rings. The van der Waals surface area contributed by atoms with Crippen molar-refractivity contribution in [2.75, 3.05) is 5.32 Å². The van der Waals surface area contributed by atoms with Crippen LogP contribution in [0.1, 0.15) is 22.7 Å². The van der Waals surface area contributed by atoms with Crippen molar-refractivity contribution in [1.82, 2.24) is 0 Å². The van der Waals surface area contributed by atoms with Gasteiger partial charge in [0, 0.05) is 5.69 Å². The third-order valence-electron chi connectivity index (χ3n) is 3.00. The minimum atomic E-state index is -0.716. The highest BCUT2D eigenvalue weighted by atomic mass is 16.2. The maximum Gasteiger partial charge on any atom is 0.245 e. The summed E-state index contributed by atoms with van der Waals surface area (Å²) in [7, 11) is 0. The largest absolute Gasteiger partial charge is 0.324 e. The van der Waals surface area contributed by atoms with Crippen LogP contribution < -0.4 is 11.1 Å². The number of benzene rings is 2. The molecule has 0 saturated carbocycles. The zero-order valence-electron chi connectivity index (χ0n) is 11.1. The van der Waals surface area contributed by atoms with E-state index < -0.39 is 6.04 Å². The van der Waals surface area contributed by atoms with Gasteiger partial charge in [-0.2, -0.15) is 5.26 Å². The van der Waals surface area contributed by atoms with Crippen LogP contribution >= 0.6 is 0 Å². The van der Waals surface area contributed by atoms with Crippen molar-refractivity contribution in [3.05, 3.63) is 65.2 Å². The average molecular weight is 265 g/mol. The Morgan fingerprint density at radius 1 is 1.15 bits per heavy atom. The lowest BCUT2D eigenvalue weighted by molar-refractivity contribution is -0.117. The van der Waals surface area contributed by atoms with E-state index in [1.54, 1.807) is 24.3 Å². The number of carbonyl (C=O) groups is 1. The molecule has 2 rings (SSSR count). The fourth-order valence-electron chi connectivity index (χ4n) is 1.77. The highest BCUT2D eigenvalue weighted by Crippen LogP contribution is 2.15. The molecular formula is C16H15N3O. The average Bonchev–Trinajstić information content (AvgIpc) is 2.48. The summed E-state index contributed by atoms with van der Waals surface area (Å²) in [5.41, 5.74) is 8.98. The highest BCUT2D eigenvalue weighted by molar-refractivity contribution is 5.95. The maximum atomic E-state index is 12.1. The van der Waals surface area contributed by atoms with E-state index in [1.807, 2.05) is 37.3 Å². The number of nitrogens with zero attached hydrogens (tertiary/aromatic N) is 1. The predicted octanol–water partition coefficient (Wildman–Crippen LogP) is 2.51. The van der Waals surface area contributed by atoms with Crippen molar-refractivity contribution in [1.29, 1.82) is 5.26 Å². The van der Waals surface area contributed by atoms with E-state index >= 15 is 0 Å². The first-order chi connectivity index (χ1) is 9.60. The third-order valence-corrected chi connectivity index (χ3v) is 3.00. The fourth-order valence-corrected chi connectivity index (χ4v) is 1.77. The number of rotatable bonds is 3. The molecule has 3 N–H and O–H groups in total. The van der Waals surface area contributed by atoms with Crippen molar-refractivity contribution in [2.24, 2.45) is 5.73 Å². The standard InChI is InChI=1S/C16H15N3O/c1-11-2-6-13(7-3-11)15(18)16(20)19-14-8-4-12(10-17)5-9-14/h2-9,15H,18H2,1H3,(H,19,20). The zero-order chi connectivity index (χ0) is 14.5. The second-order valence-corrected chi connectivity index (χ2v) is 4.57. The summed E-state index contributed by atoms with van der Waals surface area (Å²) >= 11 is 0. The first kappa shape index (κ1) is 13.8. The molecule has 0 radical (unpaired) electrons. The number of nitriles is 1. The van der Waals surface area contributed by atoms with Gasteiger partial charge in [0.25, 0.3) is 0 Å². The highest BCUT2D eigenvalue weighted by Gasteiger charge is 2.15. The van der Waals surface area contributed by atoms with Gasteiger partial charge < -0.3 is 11.1 Å². The molecule has 0 aliphatic heterocycles. The molecule has 100 valence electrons. The van der Waals surface area contributed by atoms with Crippen molar-refractivity contribution in [2.45, 2.75) is 13.0 Å². The van der Waals surface area contributed by atoms with Crippen molar-refractivity contribution in [3.8, 4) is 6.07 Å². The Kier molecular flexibility index (Phi) is 4.14. The molecule has 0 spiro atoms. The topological polar surface area (TPSA) is 78.9 Å². The minimum absolute atomic E-state index is 0.279. The smallest absolute Gasteiger partial charge is 0.245 e. The number of aryl methyl sites for hydroxylation is 1. The van der Waals surface area contributed by atoms with E-state index in [1.165, 1.54) is 0 Å². The van der Waals surface area contributed by atoms with Gasteiger partial charge in [0.2, 0.25) is 5.91 Å². The number of hydrogen-bond acceptors (Lipinski definition) is 3. The molecule has 0 aliphatic rings. The Labute approximate surface area is 117 Å². The molecule has 0 heterocycles. The van der Waals surface area contributed by atoms with E-state index in [9.17, 15) is 4.79 Å². The number of hydrogen-bond donors (Lipinski definition) is 2. The molecule has 1 atom stereocenters. The van der Waals surface area contributed by atoms with Crippen LogP contribution in [0.3, 0.4) is 0 Å². The lowest BCUT2D eigenvalue weighted by Gasteiger charge is -2.13. The van der Waals surface area contributed by atoms with E-state index in [2.05, 4.69) is 5.32 Å². The van der Waals surface area contributed by atoms with Gasteiger partial charge in [-0.05, 0) is 36.8 Å². The Morgan fingerprint density at radius 3 is 2.30 bits per heavy atom. The van der Waals surface area contributed by atoms with Gasteiger partial charge in [-0.3, -0.25) is 4.79 Å². The van der Waals surface area contributed by atoms with Gasteiger partial charge in [-0.25, -0.2) is 0 Å². The van der Waals surface area contributed by atoms with Gasteiger partial charge >= 0.3 is 0 Å². The van der Waals surface area contributed by atoms with E-state index in [0.29, 0.717) is 11.3 Å². The minimum Gasteiger partial charge on any atom is -0.324 e. The molecule has 0 bridgehead atoms. The number of carbonyl (C=O) groups excluding carboxylic acids is 1. The first-order valence-electron chi connectivity index (χ1n) is 6.23. The predicted molar refractivity (Wildman–Crippen MR) is 77.9 cm³/mol. The van der Waals surface area contributed by atoms with E-state index in [0.717, 1.165) is 11.1 Å². The van der Waals surface area contributed by atoms with Crippen molar-refractivity contribution < 1.29 is 4.79 Å². The molecule has 4 nitrogen and oxygen atoms in total. The maximum absolute atomic E-state index is 12.1. The summed E-state index contributed by atoms with van der Waals surface area (Å²) in [6.07, 6.45) is 0. The van der Waals surface area contributed by atoms with Crippen LogP contribution in [0.5, 0.6) is 0 Å².